The van der Waals surface area contributed by atoms with Crippen molar-refractivity contribution in [2.45, 2.75) is 50.5 Å². The SMILES string of the molecule is CC(C)OC(=O)c1c(NC(=O)C(Cl)Cl)sc2c1CCCC2. The molecule has 0 fully saturated rings. The molecule has 116 valence electrons. The fourth-order valence-corrected chi connectivity index (χ4v) is 3.70. The van der Waals surface area contributed by atoms with E-state index in [0.29, 0.717) is 10.6 Å². The Kier molecular flexibility index (Phi) is 5.52. The van der Waals surface area contributed by atoms with Gasteiger partial charge in [0, 0.05) is 4.88 Å². The van der Waals surface area contributed by atoms with Crippen molar-refractivity contribution in [1.29, 1.82) is 0 Å². The highest BCUT2D eigenvalue weighted by Crippen LogP contribution is 2.39. The number of amides is 1. The molecule has 0 spiro atoms. The van der Waals surface area contributed by atoms with Crippen LogP contribution < -0.4 is 5.32 Å². The molecule has 0 aromatic carbocycles. The molecule has 1 aromatic heterocycles. The molecule has 0 aliphatic heterocycles. The van der Waals surface area contributed by atoms with Gasteiger partial charge in [-0.05, 0) is 45.1 Å². The van der Waals surface area contributed by atoms with Crippen molar-refractivity contribution in [3.63, 3.8) is 0 Å². The molecule has 0 bridgehead atoms. The summed E-state index contributed by atoms with van der Waals surface area (Å²) >= 11 is 12.5. The van der Waals surface area contributed by atoms with Gasteiger partial charge in [-0.2, -0.15) is 0 Å². The lowest BCUT2D eigenvalue weighted by molar-refractivity contribution is -0.114. The molecule has 1 N–H and O–H groups in total. The molecule has 2 rings (SSSR count). The third-order valence-corrected chi connectivity index (χ3v) is 4.76. The molecule has 1 heterocycles. The molecular weight excluding hydrogens is 333 g/mol. The molecule has 1 amide bonds. The van der Waals surface area contributed by atoms with Crippen molar-refractivity contribution < 1.29 is 14.3 Å². The van der Waals surface area contributed by atoms with E-state index in [-0.39, 0.29) is 6.10 Å². The van der Waals surface area contributed by atoms with Gasteiger partial charge in [-0.1, -0.05) is 23.2 Å². The van der Waals surface area contributed by atoms with Crippen molar-refractivity contribution in [2.75, 3.05) is 5.32 Å². The van der Waals surface area contributed by atoms with Crippen LogP contribution in [0.15, 0.2) is 0 Å². The topological polar surface area (TPSA) is 55.4 Å². The Morgan fingerprint density at radius 3 is 2.52 bits per heavy atom. The maximum atomic E-state index is 12.3. The number of alkyl halides is 2. The maximum Gasteiger partial charge on any atom is 0.341 e. The number of carbonyl (C=O) groups excluding carboxylic acids is 2. The van der Waals surface area contributed by atoms with Crippen LogP contribution >= 0.6 is 34.5 Å². The molecule has 0 radical (unpaired) electrons. The Morgan fingerprint density at radius 2 is 1.90 bits per heavy atom. The number of aryl methyl sites for hydroxylation is 1. The predicted octanol–water partition coefficient (Wildman–Crippen LogP) is 3.93. The predicted molar refractivity (Wildman–Crippen MR) is 85.6 cm³/mol. The zero-order valence-electron chi connectivity index (χ0n) is 11.9. The van der Waals surface area contributed by atoms with Gasteiger partial charge < -0.3 is 10.1 Å². The van der Waals surface area contributed by atoms with Crippen molar-refractivity contribution >= 4 is 51.4 Å². The summed E-state index contributed by atoms with van der Waals surface area (Å²) in [5.41, 5.74) is 1.46. The van der Waals surface area contributed by atoms with Crippen LogP contribution in [0, 0.1) is 0 Å². The first-order chi connectivity index (χ1) is 9.90. The lowest BCUT2D eigenvalue weighted by atomic mass is 9.95. The molecule has 0 unspecified atom stereocenters. The second-order valence-electron chi connectivity index (χ2n) is 5.16. The number of esters is 1. The van der Waals surface area contributed by atoms with Crippen LogP contribution in [0.1, 0.15) is 47.5 Å². The van der Waals surface area contributed by atoms with Gasteiger partial charge in [-0.3, -0.25) is 4.79 Å². The molecule has 0 saturated heterocycles. The molecule has 21 heavy (non-hydrogen) atoms. The smallest absolute Gasteiger partial charge is 0.341 e. The molecule has 4 nitrogen and oxygen atoms in total. The molecule has 0 saturated carbocycles. The van der Waals surface area contributed by atoms with E-state index in [9.17, 15) is 9.59 Å². The average Bonchev–Trinajstić information content (AvgIpc) is 2.75. The minimum atomic E-state index is -1.17. The molecule has 0 atom stereocenters. The summed E-state index contributed by atoms with van der Waals surface area (Å²) in [4.78, 5) is 24.0. The summed E-state index contributed by atoms with van der Waals surface area (Å²) in [5, 5.41) is 3.13. The van der Waals surface area contributed by atoms with Gasteiger partial charge >= 0.3 is 5.97 Å². The van der Waals surface area contributed by atoms with E-state index in [1.54, 1.807) is 13.8 Å². The first-order valence-electron chi connectivity index (χ1n) is 6.84. The van der Waals surface area contributed by atoms with Crippen LogP contribution in [-0.2, 0) is 22.4 Å². The third-order valence-electron chi connectivity index (χ3n) is 3.15. The lowest BCUT2D eigenvalue weighted by Crippen LogP contribution is -2.21. The summed E-state index contributed by atoms with van der Waals surface area (Å²) < 4.78 is 5.29. The number of carbonyl (C=O) groups is 2. The van der Waals surface area contributed by atoms with Crippen molar-refractivity contribution in [2.24, 2.45) is 0 Å². The van der Waals surface area contributed by atoms with Gasteiger partial charge in [-0.15, -0.1) is 11.3 Å². The van der Waals surface area contributed by atoms with E-state index in [1.165, 1.54) is 11.3 Å². The minimum Gasteiger partial charge on any atom is -0.459 e. The summed E-state index contributed by atoms with van der Waals surface area (Å²) in [5.74, 6) is -0.934. The van der Waals surface area contributed by atoms with Crippen LogP contribution in [0.4, 0.5) is 5.00 Å². The second-order valence-corrected chi connectivity index (χ2v) is 7.36. The highest BCUT2D eigenvalue weighted by Gasteiger charge is 2.28. The van der Waals surface area contributed by atoms with Crippen LogP contribution in [-0.4, -0.2) is 22.8 Å². The van der Waals surface area contributed by atoms with E-state index in [1.807, 2.05) is 0 Å². The number of anilines is 1. The molecule has 7 heteroatoms. The minimum absolute atomic E-state index is 0.214. The van der Waals surface area contributed by atoms with Crippen LogP contribution in [0.3, 0.4) is 0 Å². The molecule has 1 aliphatic rings. The number of hydrogen-bond acceptors (Lipinski definition) is 4. The van der Waals surface area contributed by atoms with Crippen molar-refractivity contribution in [3.8, 4) is 0 Å². The molecule has 1 aromatic rings. The van der Waals surface area contributed by atoms with Gasteiger partial charge in [0.15, 0.2) is 4.84 Å². The molecule has 1 aliphatic carbocycles. The fourth-order valence-electron chi connectivity index (χ4n) is 2.31. The van der Waals surface area contributed by atoms with E-state index in [4.69, 9.17) is 27.9 Å². The Morgan fingerprint density at radius 1 is 1.24 bits per heavy atom. The number of fused-ring (bicyclic) bond motifs is 1. The zero-order chi connectivity index (χ0) is 15.6. The summed E-state index contributed by atoms with van der Waals surface area (Å²) in [6, 6.07) is 0. The number of thiophene rings is 1. The Balaban J connectivity index is 2.36. The quantitative estimate of drug-likeness (QED) is 0.661. The van der Waals surface area contributed by atoms with Gasteiger partial charge in [0.05, 0.1) is 11.7 Å². The van der Waals surface area contributed by atoms with Crippen LogP contribution in [0.25, 0.3) is 0 Å². The monoisotopic (exact) mass is 349 g/mol. The first kappa shape index (κ1) is 16.6. The Labute approximate surface area is 137 Å². The molecular formula is C14H17Cl2NO3S. The lowest BCUT2D eigenvalue weighted by Gasteiger charge is -2.14. The largest absolute Gasteiger partial charge is 0.459 e. The van der Waals surface area contributed by atoms with Crippen molar-refractivity contribution in [3.05, 3.63) is 16.0 Å². The highest BCUT2D eigenvalue weighted by atomic mass is 35.5. The zero-order valence-corrected chi connectivity index (χ0v) is 14.2. The van der Waals surface area contributed by atoms with E-state index >= 15 is 0 Å². The van der Waals surface area contributed by atoms with Gasteiger partial charge in [0.1, 0.15) is 5.00 Å². The average molecular weight is 350 g/mol. The summed E-state index contributed by atoms with van der Waals surface area (Å²) in [7, 11) is 0. The van der Waals surface area contributed by atoms with Crippen LogP contribution in [0.5, 0.6) is 0 Å². The Hall–Kier alpha value is -0.780. The van der Waals surface area contributed by atoms with E-state index < -0.39 is 16.7 Å². The Bertz CT molecular complexity index is 555. The first-order valence-corrected chi connectivity index (χ1v) is 8.53. The second kappa shape index (κ2) is 6.99. The van der Waals surface area contributed by atoms with Gasteiger partial charge in [0.2, 0.25) is 0 Å². The summed E-state index contributed by atoms with van der Waals surface area (Å²) in [6.45, 7) is 3.59. The number of rotatable bonds is 4. The highest BCUT2D eigenvalue weighted by molar-refractivity contribution is 7.17. The van der Waals surface area contributed by atoms with Crippen LogP contribution in [0.2, 0.25) is 0 Å². The number of nitrogens with one attached hydrogen (secondary N) is 1. The van der Waals surface area contributed by atoms with Gasteiger partial charge in [0.25, 0.3) is 5.91 Å². The van der Waals surface area contributed by atoms with Crippen molar-refractivity contribution in [1.82, 2.24) is 0 Å². The number of ether oxygens (including phenoxy) is 1. The number of hydrogen-bond donors (Lipinski definition) is 1. The van der Waals surface area contributed by atoms with Gasteiger partial charge in [-0.25, -0.2) is 4.79 Å². The standard InChI is InChI=1S/C14H17Cl2NO3S/c1-7(2)20-14(19)10-8-5-3-4-6-9(8)21-13(10)17-12(18)11(15)16/h7,11H,3-6H2,1-2H3,(H,17,18). The third kappa shape index (κ3) is 3.90. The van der Waals surface area contributed by atoms with E-state index in [0.717, 1.165) is 36.1 Å². The fraction of sp³-hybridized carbons (Fsp3) is 0.571. The number of halogens is 2. The summed E-state index contributed by atoms with van der Waals surface area (Å²) in [6.07, 6.45) is 3.66. The van der Waals surface area contributed by atoms with E-state index in [2.05, 4.69) is 5.32 Å². The normalized spacial score (nSPS) is 14.2. The maximum absolute atomic E-state index is 12.3.